The summed E-state index contributed by atoms with van der Waals surface area (Å²) in [5.41, 5.74) is 1.80. The predicted molar refractivity (Wildman–Crippen MR) is 91.9 cm³/mol. The van der Waals surface area contributed by atoms with Gasteiger partial charge in [0.25, 0.3) is 5.91 Å². The molecule has 1 amide bonds. The summed E-state index contributed by atoms with van der Waals surface area (Å²) in [7, 11) is 0. The summed E-state index contributed by atoms with van der Waals surface area (Å²) in [6, 6.07) is 13.4. The summed E-state index contributed by atoms with van der Waals surface area (Å²) < 4.78 is 6.77. The molecule has 0 spiro atoms. The quantitative estimate of drug-likeness (QED) is 0.689. The highest BCUT2D eigenvalue weighted by Gasteiger charge is 2.31. The van der Waals surface area contributed by atoms with Gasteiger partial charge in [0, 0.05) is 8.59 Å². The van der Waals surface area contributed by atoms with Gasteiger partial charge >= 0.3 is 0 Å². The van der Waals surface area contributed by atoms with Gasteiger partial charge in [-0.2, -0.15) is 0 Å². The average molecular weight is 414 g/mol. The average Bonchev–Trinajstić information content (AvgIpc) is 2.44. The van der Waals surface area contributed by atoms with Crippen molar-refractivity contribution in [1.82, 2.24) is 0 Å². The molecule has 1 unspecified atom stereocenters. The zero-order valence-corrected chi connectivity index (χ0v) is 14.3. The summed E-state index contributed by atoms with van der Waals surface area (Å²) in [6.45, 7) is 2.26. The molecule has 0 saturated carbocycles. The number of anilines is 1. The summed E-state index contributed by atoms with van der Waals surface area (Å²) in [4.78, 5) is 14.2. The number of ether oxygens (including phenoxy) is 1. The van der Waals surface area contributed by atoms with Crippen molar-refractivity contribution >= 4 is 45.8 Å². The molecule has 21 heavy (non-hydrogen) atoms. The Hall–Kier alpha value is -1.27. The van der Waals surface area contributed by atoms with E-state index < -0.39 is 6.10 Å². The minimum absolute atomic E-state index is 0.0383. The molecule has 0 bridgehead atoms. The number of rotatable bonds is 2. The second-order valence-corrected chi connectivity index (χ2v) is 6.61. The molecule has 2 aromatic carbocycles. The van der Waals surface area contributed by atoms with Crippen molar-refractivity contribution in [3.63, 3.8) is 0 Å². The van der Waals surface area contributed by atoms with E-state index in [0.717, 1.165) is 20.6 Å². The van der Waals surface area contributed by atoms with Gasteiger partial charge in [-0.25, -0.2) is 0 Å². The predicted octanol–water partition coefficient (Wildman–Crippen LogP) is 4.26. The van der Waals surface area contributed by atoms with Crippen molar-refractivity contribution in [3.05, 3.63) is 56.6 Å². The second-order valence-electron chi connectivity index (χ2n) is 4.93. The molecule has 5 heteroatoms. The first-order valence-electron chi connectivity index (χ1n) is 6.56. The van der Waals surface area contributed by atoms with Crippen LogP contribution in [-0.4, -0.2) is 12.0 Å². The normalized spacial score (nSPS) is 17.4. The molecule has 1 atom stereocenters. The fourth-order valence-corrected chi connectivity index (χ4v) is 3.04. The second kappa shape index (κ2) is 5.85. The number of hydrogen-bond acceptors (Lipinski definition) is 2. The Kier molecular flexibility index (Phi) is 4.08. The van der Waals surface area contributed by atoms with Crippen molar-refractivity contribution in [2.75, 3.05) is 4.90 Å². The minimum Gasteiger partial charge on any atom is -0.479 e. The Bertz CT molecular complexity index is 704. The molecule has 2 aromatic rings. The lowest BCUT2D eigenvalue weighted by atomic mass is 10.1. The summed E-state index contributed by atoms with van der Waals surface area (Å²) in [5.74, 6) is 0.708. The van der Waals surface area contributed by atoms with Crippen molar-refractivity contribution in [3.8, 4) is 5.75 Å². The maximum Gasteiger partial charge on any atom is 0.268 e. The molecular formula is C16H13ClINO2. The van der Waals surface area contributed by atoms with E-state index >= 15 is 0 Å². The van der Waals surface area contributed by atoms with E-state index in [2.05, 4.69) is 22.6 Å². The maximum absolute atomic E-state index is 12.4. The van der Waals surface area contributed by atoms with Crippen LogP contribution in [0.2, 0.25) is 5.02 Å². The summed E-state index contributed by atoms with van der Waals surface area (Å²) in [6.07, 6.45) is -0.477. The Morgan fingerprint density at radius 2 is 2.10 bits per heavy atom. The smallest absolute Gasteiger partial charge is 0.268 e. The lowest BCUT2D eigenvalue weighted by Gasteiger charge is -2.33. The van der Waals surface area contributed by atoms with Crippen LogP contribution in [0.5, 0.6) is 5.75 Å². The third-order valence-electron chi connectivity index (χ3n) is 3.36. The van der Waals surface area contributed by atoms with Gasteiger partial charge in [0.05, 0.1) is 12.2 Å². The fourth-order valence-electron chi connectivity index (χ4n) is 2.37. The van der Waals surface area contributed by atoms with E-state index in [4.69, 9.17) is 16.3 Å². The molecule has 0 saturated heterocycles. The lowest BCUT2D eigenvalue weighted by Crippen LogP contribution is -2.44. The third kappa shape index (κ3) is 3.01. The Balaban J connectivity index is 1.99. The van der Waals surface area contributed by atoms with Gasteiger partial charge in [-0.15, -0.1) is 0 Å². The number of benzene rings is 2. The van der Waals surface area contributed by atoms with Gasteiger partial charge < -0.3 is 9.64 Å². The molecular weight excluding hydrogens is 401 g/mol. The van der Waals surface area contributed by atoms with Gasteiger partial charge in [-0.05, 0) is 65.4 Å². The number of hydrogen-bond donors (Lipinski definition) is 0. The lowest BCUT2D eigenvalue weighted by molar-refractivity contribution is -0.125. The van der Waals surface area contributed by atoms with E-state index in [1.807, 2.05) is 42.5 Å². The standard InChI is InChI=1S/C16H13ClINO2/c1-10-16(20)19(9-11-3-2-4-12(17)7-11)14-6-5-13(18)8-15(14)21-10/h2-8,10H,9H2,1H3. The van der Waals surface area contributed by atoms with Crippen LogP contribution in [0.3, 0.4) is 0 Å². The van der Waals surface area contributed by atoms with Crippen molar-refractivity contribution in [2.45, 2.75) is 19.6 Å². The fraction of sp³-hybridized carbons (Fsp3) is 0.188. The van der Waals surface area contributed by atoms with Crippen LogP contribution in [0.25, 0.3) is 0 Å². The molecule has 0 aliphatic carbocycles. The molecule has 0 aromatic heterocycles. The van der Waals surface area contributed by atoms with E-state index in [0.29, 0.717) is 11.6 Å². The number of carbonyl (C=O) groups excluding carboxylic acids is 1. The van der Waals surface area contributed by atoms with E-state index in [-0.39, 0.29) is 5.91 Å². The van der Waals surface area contributed by atoms with E-state index in [1.54, 1.807) is 11.8 Å². The minimum atomic E-state index is -0.477. The van der Waals surface area contributed by atoms with Crippen LogP contribution in [0.4, 0.5) is 5.69 Å². The zero-order chi connectivity index (χ0) is 15.0. The topological polar surface area (TPSA) is 29.5 Å². The van der Waals surface area contributed by atoms with E-state index in [1.165, 1.54) is 0 Å². The number of amides is 1. The Morgan fingerprint density at radius 1 is 1.29 bits per heavy atom. The summed E-state index contributed by atoms with van der Waals surface area (Å²) in [5, 5.41) is 0.670. The first-order chi connectivity index (χ1) is 10.0. The van der Waals surface area contributed by atoms with Crippen LogP contribution in [-0.2, 0) is 11.3 Å². The van der Waals surface area contributed by atoms with Gasteiger partial charge in [0.1, 0.15) is 5.75 Å². The van der Waals surface area contributed by atoms with Gasteiger partial charge in [-0.1, -0.05) is 23.7 Å². The molecule has 1 aliphatic rings. The first-order valence-corrected chi connectivity index (χ1v) is 8.02. The highest BCUT2D eigenvalue weighted by molar-refractivity contribution is 14.1. The summed E-state index contributed by atoms with van der Waals surface area (Å²) >= 11 is 8.25. The van der Waals surface area contributed by atoms with Gasteiger partial charge in [0.15, 0.2) is 6.10 Å². The Labute approximate surface area is 142 Å². The SMILES string of the molecule is CC1Oc2cc(I)ccc2N(Cc2cccc(Cl)c2)C1=O. The van der Waals surface area contributed by atoms with Crippen molar-refractivity contribution in [2.24, 2.45) is 0 Å². The van der Waals surface area contributed by atoms with Crippen LogP contribution in [0.1, 0.15) is 12.5 Å². The van der Waals surface area contributed by atoms with Crippen LogP contribution < -0.4 is 9.64 Å². The van der Waals surface area contributed by atoms with Crippen LogP contribution in [0.15, 0.2) is 42.5 Å². The monoisotopic (exact) mass is 413 g/mol. The molecule has 0 radical (unpaired) electrons. The molecule has 1 heterocycles. The third-order valence-corrected chi connectivity index (χ3v) is 4.27. The number of halogens is 2. The molecule has 3 rings (SSSR count). The number of nitrogens with zero attached hydrogens (tertiary/aromatic N) is 1. The van der Waals surface area contributed by atoms with Crippen LogP contribution in [0, 0.1) is 3.57 Å². The van der Waals surface area contributed by atoms with Gasteiger partial charge in [-0.3, -0.25) is 4.79 Å². The molecule has 0 fully saturated rings. The first kappa shape index (κ1) is 14.7. The molecule has 108 valence electrons. The Morgan fingerprint density at radius 3 is 2.86 bits per heavy atom. The molecule has 3 nitrogen and oxygen atoms in total. The largest absolute Gasteiger partial charge is 0.479 e. The van der Waals surface area contributed by atoms with Crippen molar-refractivity contribution in [1.29, 1.82) is 0 Å². The number of carbonyl (C=O) groups is 1. The number of fused-ring (bicyclic) bond motifs is 1. The van der Waals surface area contributed by atoms with Crippen LogP contribution >= 0.6 is 34.2 Å². The highest BCUT2D eigenvalue weighted by atomic mass is 127. The van der Waals surface area contributed by atoms with Crippen molar-refractivity contribution < 1.29 is 9.53 Å². The van der Waals surface area contributed by atoms with Gasteiger partial charge in [0.2, 0.25) is 0 Å². The molecule has 1 aliphatic heterocycles. The zero-order valence-electron chi connectivity index (χ0n) is 11.3. The molecule has 0 N–H and O–H groups in total. The van der Waals surface area contributed by atoms with E-state index in [9.17, 15) is 4.79 Å². The highest BCUT2D eigenvalue weighted by Crippen LogP contribution is 2.36. The maximum atomic E-state index is 12.4.